The number of rotatable bonds is 3. The molecule has 0 saturated carbocycles. The van der Waals surface area contributed by atoms with Crippen molar-refractivity contribution in [2.75, 3.05) is 14.2 Å². The van der Waals surface area contributed by atoms with Crippen LogP contribution in [0.5, 0.6) is 0 Å². The number of hydrogen-bond acceptors (Lipinski definition) is 4. The van der Waals surface area contributed by atoms with Gasteiger partial charge in [0.2, 0.25) is 0 Å². The molecule has 0 bridgehead atoms. The molecule has 1 aromatic rings. The first-order valence-electron chi connectivity index (χ1n) is 3.75. The second kappa shape index (κ2) is 5.18. The van der Waals surface area contributed by atoms with Crippen molar-refractivity contribution >= 4 is 31.1 Å². The van der Waals surface area contributed by atoms with Crippen LogP contribution in [0.25, 0.3) is 0 Å². The Labute approximate surface area is 87.3 Å². The summed E-state index contributed by atoms with van der Waals surface area (Å²) in [5.74, 6) is -0.306. The van der Waals surface area contributed by atoms with Crippen LogP contribution in [-0.4, -0.2) is 46.5 Å². The molecule has 0 aliphatic heterocycles. The Morgan fingerprint density at radius 1 is 1.69 bits per heavy atom. The van der Waals surface area contributed by atoms with Crippen molar-refractivity contribution in [1.82, 2.24) is 8.52 Å². The Hall–Kier alpha value is -0.621. The number of esters is 1. The summed E-state index contributed by atoms with van der Waals surface area (Å²) in [5.41, 5.74) is 0.573. The van der Waals surface area contributed by atoms with E-state index in [9.17, 15) is 4.79 Å². The van der Waals surface area contributed by atoms with Gasteiger partial charge in [0.1, 0.15) is 0 Å². The Morgan fingerprint density at radius 3 is 3.08 bits per heavy atom. The monoisotopic (exact) mass is 286 g/mol. The van der Waals surface area contributed by atoms with E-state index in [1.807, 2.05) is 7.05 Å². The molecule has 2 radical (unpaired) electrons. The van der Waals surface area contributed by atoms with E-state index in [1.165, 1.54) is 7.11 Å². The molecule has 0 aliphatic rings. The summed E-state index contributed by atoms with van der Waals surface area (Å²) in [7, 11) is 3.28. The van der Waals surface area contributed by atoms with Crippen LogP contribution in [-0.2, 0) is 4.74 Å². The molecule has 1 rings (SSSR count). The third-order valence-electron chi connectivity index (χ3n) is 1.43. The van der Waals surface area contributed by atoms with Gasteiger partial charge in [-0.3, -0.25) is 0 Å². The maximum atomic E-state index is 11.1. The van der Waals surface area contributed by atoms with Gasteiger partial charge in [-0.05, 0) is 0 Å². The van der Waals surface area contributed by atoms with E-state index in [0.717, 1.165) is 3.71 Å². The molecule has 1 N–H and O–H groups in total. The third-order valence-corrected chi connectivity index (χ3v) is 3.66. The summed E-state index contributed by atoms with van der Waals surface area (Å²) in [6.07, 6.45) is 1.64. The molecule has 0 atom stereocenters. The van der Waals surface area contributed by atoms with Gasteiger partial charge >= 0.3 is 87.2 Å². The summed E-state index contributed by atoms with van der Waals surface area (Å²) >= 11 is -0.794. The van der Waals surface area contributed by atoms with Crippen LogP contribution in [0.15, 0.2) is 18.3 Å². The number of carbonyl (C=O) groups excluding carboxylic acids is 1. The molecule has 0 unspecified atom stereocenters. The Kier molecular flexibility index (Phi) is 4.17. The third kappa shape index (κ3) is 2.96. The molecule has 5 heteroatoms. The van der Waals surface area contributed by atoms with Crippen LogP contribution >= 0.6 is 0 Å². The van der Waals surface area contributed by atoms with Gasteiger partial charge < -0.3 is 0 Å². The molecule has 0 amide bonds. The topological polar surface area (TPSA) is 51.2 Å². The van der Waals surface area contributed by atoms with E-state index >= 15 is 0 Å². The van der Waals surface area contributed by atoms with Gasteiger partial charge in [-0.25, -0.2) is 0 Å². The molecule has 0 fully saturated rings. The Morgan fingerprint density at radius 2 is 2.46 bits per heavy atom. The molecule has 68 valence electrons. The standard InChI is InChI=1S/C7H6NO2.CH4N.Sn/c1-10-7(9)6-2-4-8-5-3-6;1-2;/h2-4H,1H3;2H,1H3;/q;-1;+1. The first-order chi connectivity index (χ1) is 6.27. The molecule has 0 aromatic carbocycles. The Bertz CT molecular complexity index is 304. The minimum absolute atomic E-state index is 0.306. The van der Waals surface area contributed by atoms with Crippen LogP contribution in [0.3, 0.4) is 0 Å². The molecular weight excluding hydrogens is 275 g/mol. The zero-order valence-corrected chi connectivity index (χ0v) is 10.3. The quantitative estimate of drug-likeness (QED) is 0.591. The fourth-order valence-electron chi connectivity index (χ4n) is 0.872. The first kappa shape index (κ1) is 10.5. The number of methoxy groups -OCH3 is 1. The molecule has 1 aromatic heterocycles. The van der Waals surface area contributed by atoms with Gasteiger partial charge in [0.25, 0.3) is 0 Å². The van der Waals surface area contributed by atoms with Crippen molar-refractivity contribution in [3.63, 3.8) is 0 Å². The second-order valence-corrected chi connectivity index (χ2v) is 5.90. The van der Waals surface area contributed by atoms with Crippen LogP contribution < -0.4 is 7.25 Å². The second-order valence-electron chi connectivity index (χ2n) is 2.30. The van der Waals surface area contributed by atoms with Crippen molar-refractivity contribution in [3.8, 4) is 0 Å². The molecule has 0 saturated heterocycles. The normalized spacial score (nSPS) is 9.69. The molecule has 1 heterocycles. The van der Waals surface area contributed by atoms with E-state index in [0.29, 0.717) is 5.56 Å². The minimum atomic E-state index is -0.794. The fourth-order valence-corrected chi connectivity index (χ4v) is 2.65. The molecule has 0 aliphatic carbocycles. The van der Waals surface area contributed by atoms with Gasteiger partial charge in [-0.1, -0.05) is 0 Å². The van der Waals surface area contributed by atoms with Crippen molar-refractivity contribution in [1.29, 1.82) is 0 Å². The number of ether oxygens (including phenoxy) is 1. The van der Waals surface area contributed by atoms with Crippen molar-refractivity contribution in [2.24, 2.45) is 0 Å². The predicted octanol–water partition coefficient (Wildman–Crippen LogP) is -0.668. The zero-order chi connectivity index (χ0) is 9.68. The van der Waals surface area contributed by atoms with Crippen LogP contribution in [0.2, 0.25) is 0 Å². The molecule has 13 heavy (non-hydrogen) atoms. The van der Waals surface area contributed by atoms with Crippen LogP contribution in [0, 0.1) is 0 Å². The van der Waals surface area contributed by atoms with Crippen LogP contribution in [0.4, 0.5) is 0 Å². The summed E-state index contributed by atoms with van der Waals surface area (Å²) in [4.78, 5) is 15.3. The van der Waals surface area contributed by atoms with Crippen molar-refractivity contribution in [2.45, 2.75) is 0 Å². The average molecular weight is 285 g/mol. The van der Waals surface area contributed by atoms with Gasteiger partial charge in [0.15, 0.2) is 0 Å². The predicted molar refractivity (Wildman–Crippen MR) is 50.0 cm³/mol. The van der Waals surface area contributed by atoms with Crippen LogP contribution in [0.1, 0.15) is 10.4 Å². The van der Waals surface area contributed by atoms with Gasteiger partial charge in [0, 0.05) is 0 Å². The molecule has 4 nitrogen and oxygen atoms in total. The first-order valence-corrected chi connectivity index (χ1v) is 6.60. The molecular formula is C8H10N2O2Sn. The number of hydrogen-bond donors (Lipinski definition) is 1. The number of pyridine rings is 1. The summed E-state index contributed by atoms with van der Waals surface area (Å²) < 4.78 is 8.72. The number of carbonyl (C=O) groups is 1. The van der Waals surface area contributed by atoms with E-state index in [2.05, 4.69) is 13.3 Å². The average Bonchev–Trinajstić information content (AvgIpc) is 2.18. The van der Waals surface area contributed by atoms with E-state index in [1.54, 1.807) is 18.3 Å². The Balaban J connectivity index is 2.85. The number of aromatic nitrogens is 1. The van der Waals surface area contributed by atoms with Crippen molar-refractivity contribution < 1.29 is 9.53 Å². The van der Waals surface area contributed by atoms with Gasteiger partial charge in [-0.2, -0.15) is 0 Å². The number of nitrogens with zero attached hydrogens (tertiary/aromatic N) is 1. The van der Waals surface area contributed by atoms with E-state index < -0.39 is 21.4 Å². The SMILES string of the molecule is C[NH][Sn][c]1cc(C(=O)OC)ccn1. The zero-order valence-electron chi connectivity index (χ0n) is 7.50. The fraction of sp³-hybridized carbons (Fsp3) is 0.250. The summed E-state index contributed by atoms with van der Waals surface area (Å²) in [6.45, 7) is 0. The summed E-state index contributed by atoms with van der Waals surface area (Å²) in [5, 5.41) is 0. The van der Waals surface area contributed by atoms with Gasteiger partial charge in [-0.15, -0.1) is 0 Å². The van der Waals surface area contributed by atoms with E-state index in [-0.39, 0.29) is 5.97 Å². The van der Waals surface area contributed by atoms with E-state index in [4.69, 9.17) is 0 Å². The molecule has 0 spiro atoms. The summed E-state index contributed by atoms with van der Waals surface area (Å²) in [6, 6.07) is 3.44. The number of nitrogens with one attached hydrogen (secondary N) is 1. The van der Waals surface area contributed by atoms with Gasteiger partial charge in [0.05, 0.1) is 0 Å². The maximum absolute atomic E-state index is 11.1. The van der Waals surface area contributed by atoms with Crippen molar-refractivity contribution in [3.05, 3.63) is 23.9 Å².